The van der Waals surface area contributed by atoms with Crippen LogP contribution < -0.4 is 4.90 Å². The van der Waals surface area contributed by atoms with Crippen LogP contribution in [0.15, 0.2) is 36.4 Å². The van der Waals surface area contributed by atoms with Crippen LogP contribution in [0.25, 0.3) is 10.9 Å². The van der Waals surface area contributed by atoms with Crippen LogP contribution in [-0.4, -0.2) is 28.3 Å². The number of aromatic hydroxyl groups is 1. The molecule has 1 amide bonds. The summed E-state index contributed by atoms with van der Waals surface area (Å²) in [6.07, 6.45) is 2.96. The topological polar surface area (TPSA) is 69.2 Å². The number of phenols is 1. The van der Waals surface area contributed by atoms with E-state index in [9.17, 15) is 9.90 Å². The van der Waals surface area contributed by atoms with Gasteiger partial charge >= 0.3 is 0 Å². The predicted molar refractivity (Wildman–Crippen MR) is 100 cm³/mol. The molecule has 5 heteroatoms. The normalized spacial score (nSPS) is 11.0. The van der Waals surface area contributed by atoms with Crippen LogP contribution >= 0.6 is 0 Å². The molecule has 0 radical (unpaired) electrons. The van der Waals surface area contributed by atoms with Gasteiger partial charge in [0.1, 0.15) is 5.75 Å². The van der Waals surface area contributed by atoms with Crippen molar-refractivity contribution in [1.29, 1.82) is 0 Å². The number of aromatic amines is 1. The van der Waals surface area contributed by atoms with Gasteiger partial charge in [0.25, 0.3) is 5.91 Å². The van der Waals surface area contributed by atoms with Crippen LogP contribution in [-0.2, 0) is 6.42 Å². The molecule has 0 aliphatic carbocycles. The van der Waals surface area contributed by atoms with Crippen molar-refractivity contribution in [3.8, 4) is 5.75 Å². The molecular formula is C20H23N3O2. The highest BCUT2D eigenvalue weighted by atomic mass is 16.3. The van der Waals surface area contributed by atoms with E-state index in [1.807, 2.05) is 31.2 Å². The first kappa shape index (κ1) is 17.0. The third-order valence-corrected chi connectivity index (χ3v) is 4.48. The Morgan fingerprint density at radius 3 is 2.64 bits per heavy atom. The van der Waals surface area contributed by atoms with Crippen molar-refractivity contribution in [1.82, 2.24) is 10.2 Å². The van der Waals surface area contributed by atoms with Crippen LogP contribution in [0.2, 0.25) is 0 Å². The molecule has 0 fully saturated rings. The van der Waals surface area contributed by atoms with Crippen molar-refractivity contribution >= 4 is 22.5 Å². The van der Waals surface area contributed by atoms with Gasteiger partial charge in [0.2, 0.25) is 0 Å². The van der Waals surface area contributed by atoms with Crippen molar-refractivity contribution in [2.75, 3.05) is 11.9 Å². The standard InChI is InChI=1S/C20H23N3O2/c1-4-5-6-17-15-11-16(19(24)12-18(15)22-21-17)20(25)23(3)14-9-7-13(2)8-10-14/h7-12,24H,4-6H2,1-3H3,(H,21,22). The fraction of sp³-hybridized carbons (Fsp3) is 0.300. The first-order valence-corrected chi connectivity index (χ1v) is 8.56. The second kappa shape index (κ2) is 6.97. The lowest BCUT2D eigenvalue weighted by atomic mass is 10.1. The van der Waals surface area contributed by atoms with Crippen LogP contribution in [0.1, 0.15) is 41.4 Å². The number of H-pyrrole nitrogens is 1. The van der Waals surface area contributed by atoms with E-state index in [0.29, 0.717) is 0 Å². The molecule has 2 aromatic carbocycles. The number of hydrogen-bond donors (Lipinski definition) is 2. The molecule has 0 saturated carbocycles. The lowest BCUT2D eigenvalue weighted by molar-refractivity contribution is 0.0990. The number of benzene rings is 2. The van der Waals surface area contributed by atoms with Gasteiger partial charge in [-0.2, -0.15) is 5.10 Å². The van der Waals surface area contributed by atoms with Crippen molar-refractivity contribution in [2.45, 2.75) is 33.1 Å². The minimum Gasteiger partial charge on any atom is -0.507 e. The zero-order valence-electron chi connectivity index (χ0n) is 14.8. The van der Waals surface area contributed by atoms with Crippen molar-refractivity contribution in [3.63, 3.8) is 0 Å². The van der Waals surface area contributed by atoms with Gasteiger partial charge in [-0.25, -0.2) is 0 Å². The Morgan fingerprint density at radius 2 is 1.96 bits per heavy atom. The van der Waals surface area contributed by atoms with E-state index in [1.165, 1.54) is 0 Å². The van der Waals surface area contributed by atoms with Crippen LogP contribution in [0, 0.1) is 6.92 Å². The average Bonchev–Trinajstić information content (AvgIpc) is 3.00. The second-order valence-electron chi connectivity index (χ2n) is 6.39. The summed E-state index contributed by atoms with van der Waals surface area (Å²) < 4.78 is 0. The summed E-state index contributed by atoms with van der Waals surface area (Å²) in [6, 6.07) is 11.0. The minimum atomic E-state index is -0.245. The summed E-state index contributed by atoms with van der Waals surface area (Å²) in [4.78, 5) is 14.4. The molecule has 0 aliphatic rings. The van der Waals surface area contributed by atoms with E-state index in [0.717, 1.165) is 47.1 Å². The molecule has 5 nitrogen and oxygen atoms in total. The highest BCUT2D eigenvalue weighted by Crippen LogP contribution is 2.28. The maximum absolute atomic E-state index is 12.9. The Bertz CT molecular complexity index is 897. The van der Waals surface area contributed by atoms with E-state index in [2.05, 4.69) is 17.1 Å². The highest BCUT2D eigenvalue weighted by molar-refractivity contribution is 6.09. The number of rotatable bonds is 5. The highest BCUT2D eigenvalue weighted by Gasteiger charge is 2.19. The van der Waals surface area contributed by atoms with Crippen molar-refractivity contribution in [3.05, 3.63) is 53.2 Å². The van der Waals surface area contributed by atoms with Crippen molar-refractivity contribution < 1.29 is 9.90 Å². The van der Waals surface area contributed by atoms with Gasteiger partial charge in [-0.3, -0.25) is 9.89 Å². The molecule has 1 aromatic heterocycles. The number of hydrogen-bond acceptors (Lipinski definition) is 3. The van der Waals surface area contributed by atoms with E-state index in [-0.39, 0.29) is 17.2 Å². The Kier molecular flexibility index (Phi) is 4.74. The number of carbonyl (C=O) groups excluding carboxylic acids is 1. The maximum Gasteiger partial charge on any atom is 0.261 e. The van der Waals surface area contributed by atoms with Gasteiger partial charge in [0.15, 0.2) is 0 Å². The Morgan fingerprint density at radius 1 is 1.24 bits per heavy atom. The van der Waals surface area contributed by atoms with Crippen LogP contribution in [0.3, 0.4) is 0 Å². The average molecular weight is 337 g/mol. The van der Waals surface area contributed by atoms with Crippen molar-refractivity contribution in [2.24, 2.45) is 0 Å². The molecule has 3 aromatic rings. The number of nitrogens with one attached hydrogen (secondary N) is 1. The molecule has 0 atom stereocenters. The number of aryl methyl sites for hydroxylation is 2. The minimum absolute atomic E-state index is 0.0397. The predicted octanol–water partition coefficient (Wildman–Crippen LogP) is 4.20. The molecule has 130 valence electrons. The second-order valence-corrected chi connectivity index (χ2v) is 6.39. The zero-order chi connectivity index (χ0) is 18.0. The van der Waals surface area contributed by atoms with Gasteiger partial charge in [-0.05, 0) is 38.0 Å². The summed E-state index contributed by atoms with van der Waals surface area (Å²) in [7, 11) is 1.71. The zero-order valence-corrected chi connectivity index (χ0v) is 14.8. The van der Waals surface area contributed by atoms with Crippen LogP contribution in [0.5, 0.6) is 5.75 Å². The van der Waals surface area contributed by atoms with Crippen LogP contribution in [0.4, 0.5) is 5.69 Å². The number of aromatic nitrogens is 2. The lowest BCUT2D eigenvalue weighted by Gasteiger charge is -2.18. The van der Waals surface area contributed by atoms with Gasteiger partial charge in [0, 0.05) is 24.2 Å². The molecule has 0 unspecified atom stereocenters. The molecule has 0 spiro atoms. The van der Waals surface area contributed by atoms with Gasteiger partial charge < -0.3 is 10.0 Å². The molecule has 1 heterocycles. The van der Waals surface area contributed by atoms with E-state index in [4.69, 9.17) is 0 Å². The fourth-order valence-electron chi connectivity index (χ4n) is 2.88. The Hall–Kier alpha value is -2.82. The smallest absolute Gasteiger partial charge is 0.261 e. The van der Waals surface area contributed by atoms with E-state index < -0.39 is 0 Å². The molecular weight excluding hydrogens is 314 g/mol. The molecule has 0 bridgehead atoms. The summed E-state index contributed by atoms with van der Waals surface area (Å²) in [5.74, 6) is -0.284. The SMILES string of the molecule is CCCCc1n[nH]c2cc(O)c(C(=O)N(C)c3ccc(C)cc3)cc12. The summed E-state index contributed by atoms with van der Waals surface area (Å²) >= 11 is 0. The quantitative estimate of drug-likeness (QED) is 0.733. The van der Waals surface area contributed by atoms with Gasteiger partial charge in [-0.15, -0.1) is 0 Å². The Balaban J connectivity index is 1.97. The summed E-state index contributed by atoms with van der Waals surface area (Å²) in [5.41, 5.74) is 3.89. The molecule has 25 heavy (non-hydrogen) atoms. The third-order valence-electron chi connectivity index (χ3n) is 4.48. The van der Waals surface area contributed by atoms with E-state index >= 15 is 0 Å². The van der Waals surface area contributed by atoms with Gasteiger partial charge in [-0.1, -0.05) is 31.0 Å². The lowest BCUT2D eigenvalue weighted by Crippen LogP contribution is -2.26. The summed E-state index contributed by atoms with van der Waals surface area (Å²) in [6.45, 7) is 4.13. The molecule has 3 rings (SSSR count). The fourth-order valence-corrected chi connectivity index (χ4v) is 2.88. The number of unbranched alkanes of at least 4 members (excludes halogenated alkanes) is 1. The molecule has 0 saturated heterocycles. The maximum atomic E-state index is 12.9. The number of anilines is 1. The number of carbonyl (C=O) groups is 1. The first-order chi connectivity index (χ1) is 12.0. The van der Waals surface area contributed by atoms with Gasteiger partial charge in [0.05, 0.1) is 16.8 Å². The van der Waals surface area contributed by atoms with E-state index in [1.54, 1.807) is 24.1 Å². The number of amides is 1. The molecule has 2 N–H and O–H groups in total. The number of phenolic OH excluding ortho intramolecular Hbond substituents is 1. The Labute approximate surface area is 147 Å². The first-order valence-electron chi connectivity index (χ1n) is 8.56. The monoisotopic (exact) mass is 337 g/mol. The molecule has 0 aliphatic heterocycles. The summed E-state index contributed by atoms with van der Waals surface area (Å²) in [5, 5.41) is 18.5. The number of nitrogens with zero attached hydrogens (tertiary/aromatic N) is 2. The third kappa shape index (κ3) is 3.36. The largest absolute Gasteiger partial charge is 0.507 e. The number of fused-ring (bicyclic) bond motifs is 1.